The number of piperidine rings is 1. The molecule has 0 aliphatic carbocycles. The van der Waals surface area contributed by atoms with Crippen LogP contribution in [0.25, 0.3) is 0 Å². The quantitative estimate of drug-likeness (QED) is 0.788. The van der Waals surface area contributed by atoms with Gasteiger partial charge in [-0.2, -0.15) is 0 Å². The Balaban J connectivity index is 1.55. The Hall–Kier alpha value is -0.940. The molecule has 1 fully saturated rings. The second kappa shape index (κ2) is 8.49. The third-order valence-electron chi connectivity index (χ3n) is 4.18. The molecule has 4 nitrogen and oxygen atoms in total. The van der Waals surface area contributed by atoms with Crippen LogP contribution in [0.4, 0.5) is 0 Å². The molecule has 1 atom stereocenters. The van der Waals surface area contributed by atoms with Gasteiger partial charge in [-0.3, -0.25) is 4.79 Å². The molecule has 1 N–H and O–H groups in total. The van der Waals surface area contributed by atoms with Gasteiger partial charge in [0.05, 0.1) is 5.01 Å². The summed E-state index contributed by atoms with van der Waals surface area (Å²) in [5.74, 6) is 0.198. The van der Waals surface area contributed by atoms with Gasteiger partial charge in [0, 0.05) is 36.5 Å². The average Bonchev–Trinajstić information content (AvgIpc) is 2.88. The van der Waals surface area contributed by atoms with E-state index >= 15 is 0 Å². The standard InChI is InChI=1S/C16H27N3OS/c1-13-12-21-16(18-13)7-5-10-17-15(20)9-8-14-6-3-4-11-19(14)2/h12,14H,3-11H2,1-2H3,(H,17,20)/t14-/m1/s1. The molecule has 118 valence electrons. The maximum absolute atomic E-state index is 11.9. The fourth-order valence-electron chi connectivity index (χ4n) is 2.88. The van der Waals surface area contributed by atoms with Gasteiger partial charge in [-0.15, -0.1) is 11.3 Å². The van der Waals surface area contributed by atoms with Crippen molar-refractivity contribution in [2.75, 3.05) is 20.1 Å². The zero-order valence-electron chi connectivity index (χ0n) is 13.2. The minimum absolute atomic E-state index is 0.198. The van der Waals surface area contributed by atoms with Crippen LogP contribution >= 0.6 is 11.3 Å². The van der Waals surface area contributed by atoms with Gasteiger partial charge in [-0.25, -0.2) is 4.98 Å². The summed E-state index contributed by atoms with van der Waals surface area (Å²) in [6.45, 7) is 3.96. The van der Waals surface area contributed by atoms with Crippen molar-refractivity contribution in [1.82, 2.24) is 15.2 Å². The number of rotatable bonds is 7. The van der Waals surface area contributed by atoms with Crippen LogP contribution in [0.3, 0.4) is 0 Å². The van der Waals surface area contributed by atoms with Gasteiger partial charge < -0.3 is 10.2 Å². The summed E-state index contributed by atoms with van der Waals surface area (Å²) in [7, 11) is 2.18. The molecule has 1 amide bonds. The largest absolute Gasteiger partial charge is 0.356 e. The normalized spacial score (nSPS) is 19.6. The summed E-state index contributed by atoms with van der Waals surface area (Å²) in [6.07, 6.45) is 7.44. The number of thiazole rings is 1. The van der Waals surface area contributed by atoms with Gasteiger partial charge in [0.2, 0.25) is 5.91 Å². The fraction of sp³-hybridized carbons (Fsp3) is 0.750. The van der Waals surface area contributed by atoms with Crippen LogP contribution in [-0.4, -0.2) is 42.0 Å². The molecule has 1 aromatic rings. The number of amides is 1. The smallest absolute Gasteiger partial charge is 0.220 e. The van der Waals surface area contributed by atoms with E-state index in [0.717, 1.165) is 31.5 Å². The summed E-state index contributed by atoms with van der Waals surface area (Å²) in [5, 5.41) is 6.28. The SMILES string of the molecule is Cc1csc(CCCNC(=O)CC[C@H]2CCCCN2C)n1. The topological polar surface area (TPSA) is 45.2 Å². The van der Waals surface area contributed by atoms with Gasteiger partial charge in [-0.1, -0.05) is 6.42 Å². The summed E-state index contributed by atoms with van der Waals surface area (Å²) in [5.41, 5.74) is 1.09. The van der Waals surface area contributed by atoms with E-state index < -0.39 is 0 Å². The Morgan fingerprint density at radius 1 is 1.52 bits per heavy atom. The zero-order chi connectivity index (χ0) is 15.1. The fourth-order valence-corrected chi connectivity index (χ4v) is 3.70. The number of nitrogens with zero attached hydrogens (tertiary/aromatic N) is 2. The predicted molar refractivity (Wildman–Crippen MR) is 87.7 cm³/mol. The number of hydrogen-bond donors (Lipinski definition) is 1. The number of hydrogen-bond acceptors (Lipinski definition) is 4. The van der Waals surface area contributed by atoms with Crippen molar-refractivity contribution in [3.63, 3.8) is 0 Å². The third-order valence-corrected chi connectivity index (χ3v) is 5.21. The first-order valence-corrected chi connectivity index (χ1v) is 8.91. The van der Waals surface area contributed by atoms with Gasteiger partial charge in [0.25, 0.3) is 0 Å². The number of carbonyl (C=O) groups is 1. The minimum atomic E-state index is 0.198. The molecule has 2 heterocycles. The molecule has 0 saturated carbocycles. The predicted octanol–water partition coefficient (Wildman–Crippen LogP) is 2.76. The molecule has 2 rings (SSSR count). The second-order valence-corrected chi connectivity index (χ2v) is 6.95. The van der Waals surface area contributed by atoms with E-state index in [1.165, 1.54) is 30.8 Å². The van der Waals surface area contributed by atoms with E-state index in [-0.39, 0.29) is 5.91 Å². The molecule has 1 aliphatic heterocycles. The molecule has 0 unspecified atom stereocenters. The third kappa shape index (κ3) is 5.75. The Morgan fingerprint density at radius 2 is 2.38 bits per heavy atom. The van der Waals surface area contributed by atoms with Crippen LogP contribution in [0, 0.1) is 6.92 Å². The van der Waals surface area contributed by atoms with Crippen molar-refractivity contribution in [3.8, 4) is 0 Å². The molecular weight excluding hydrogens is 282 g/mol. The van der Waals surface area contributed by atoms with Crippen molar-refractivity contribution < 1.29 is 4.79 Å². The van der Waals surface area contributed by atoms with Crippen molar-refractivity contribution in [3.05, 3.63) is 16.1 Å². The van der Waals surface area contributed by atoms with Crippen molar-refractivity contribution in [1.29, 1.82) is 0 Å². The highest BCUT2D eigenvalue weighted by Crippen LogP contribution is 2.18. The van der Waals surface area contributed by atoms with E-state index in [4.69, 9.17) is 0 Å². The maximum atomic E-state index is 11.9. The molecule has 1 saturated heterocycles. The first kappa shape index (κ1) is 16.4. The number of likely N-dealkylation sites (tertiary alicyclic amines) is 1. The van der Waals surface area contributed by atoms with E-state index in [2.05, 4.69) is 27.6 Å². The molecule has 5 heteroatoms. The lowest BCUT2D eigenvalue weighted by Crippen LogP contribution is -2.37. The van der Waals surface area contributed by atoms with Crippen LogP contribution in [0.1, 0.15) is 49.2 Å². The lowest BCUT2D eigenvalue weighted by atomic mass is 9.98. The molecule has 1 aromatic heterocycles. The van der Waals surface area contributed by atoms with Crippen LogP contribution < -0.4 is 5.32 Å². The van der Waals surface area contributed by atoms with Crippen LogP contribution in [0.2, 0.25) is 0 Å². The monoisotopic (exact) mass is 309 g/mol. The Morgan fingerprint density at radius 3 is 3.10 bits per heavy atom. The number of aryl methyl sites for hydroxylation is 2. The van der Waals surface area contributed by atoms with Gasteiger partial charge in [0.15, 0.2) is 0 Å². The molecule has 21 heavy (non-hydrogen) atoms. The van der Waals surface area contributed by atoms with Gasteiger partial charge >= 0.3 is 0 Å². The van der Waals surface area contributed by atoms with Gasteiger partial charge in [0.1, 0.15) is 0 Å². The summed E-state index contributed by atoms with van der Waals surface area (Å²) in [6, 6.07) is 0.600. The van der Waals surface area contributed by atoms with Crippen molar-refractivity contribution >= 4 is 17.2 Å². The summed E-state index contributed by atoms with van der Waals surface area (Å²) >= 11 is 1.71. The number of carbonyl (C=O) groups excluding carboxylic acids is 1. The van der Waals surface area contributed by atoms with E-state index in [1.807, 2.05) is 6.92 Å². The molecular formula is C16H27N3OS. The van der Waals surface area contributed by atoms with E-state index in [0.29, 0.717) is 12.5 Å². The lowest BCUT2D eigenvalue weighted by molar-refractivity contribution is -0.121. The second-order valence-electron chi connectivity index (χ2n) is 6.01. The molecule has 1 aliphatic rings. The van der Waals surface area contributed by atoms with Crippen LogP contribution in [-0.2, 0) is 11.2 Å². The van der Waals surface area contributed by atoms with E-state index in [1.54, 1.807) is 11.3 Å². The van der Waals surface area contributed by atoms with Crippen LogP contribution in [0.15, 0.2) is 5.38 Å². The summed E-state index contributed by atoms with van der Waals surface area (Å²) < 4.78 is 0. The lowest BCUT2D eigenvalue weighted by Gasteiger charge is -2.32. The Labute approximate surface area is 132 Å². The molecule has 0 radical (unpaired) electrons. The first-order chi connectivity index (χ1) is 10.1. The van der Waals surface area contributed by atoms with Crippen LogP contribution in [0.5, 0.6) is 0 Å². The highest BCUT2D eigenvalue weighted by Gasteiger charge is 2.19. The Bertz CT molecular complexity index is 446. The number of nitrogens with one attached hydrogen (secondary N) is 1. The molecule has 0 spiro atoms. The maximum Gasteiger partial charge on any atom is 0.220 e. The van der Waals surface area contributed by atoms with Gasteiger partial charge in [-0.05, 0) is 46.2 Å². The molecule has 0 bridgehead atoms. The highest BCUT2D eigenvalue weighted by molar-refractivity contribution is 7.09. The Kier molecular flexibility index (Phi) is 6.64. The van der Waals surface area contributed by atoms with Crippen molar-refractivity contribution in [2.24, 2.45) is 0 Å². The first-order valence-electron chi connectivity index (χ1n) is 8.03. The van der Waals surface area contributed by atoms with E-state index in [9.17, 15) is 4.79 Å². The summed E-state index contributed by atoms with van der Waals surface area (Å²) in [4.78, 5) is 18.7. The average molecular weight is 309 g/mol. The highest BCUT2D eigenvalue weighted by atomic mass is 32.1. The zero-order valence-corrected chi connectivity index (χ0v) is 14.0. The minimum Gasteiger partial charge on any atom is -0.356 e. The van der Waals surface area contributed by atoms with Crippen molar-refractivity contribution in [2.45, 2.75) is 57.9 Å². The molecule has 0 aromatic carbocycles. The number of aromatic nitrogens is 1.